The van der Waals surface area contributed by atoms with Crippen molar-refractivity contribution >= 4 is 22.4 Å². The summed E-state index contributed by atoms with van der Waals surface area (Å²) in [6.45, 7) is 3.66. The molecule has 2 N–H and O–H groups in total. The first kappa shape index (κ1) is 12.4. The summed E-state index contributed by atoms with van der Waals surface area (Å²) >= 11 is 0. The highest BCUT2D eigenvalue weighted by molar-refractivity contribution is 5.88. The molecule has 0 aliphatic carbocycles. The van der Waals surface area contributed by atoms with Crippen molar-refractivity contribution in [1.29, 1.82) is 0 Å². The van der Waals surface area contributed by atoms with Crippen molar-refractivity contribution in [2.24, 2.45) is 5.73 Å². The van der Waals surface area contributed by atoms with E-state index in [4.69, 9.17) is 5.73 Å². The van der Waals surface area contributed by atoms with E-state index in [-0.39, 0.29) is 5.78 Å². The van der Waals surface area contributed by atoms with Crippen LogP contribution in [0.25, 0.3) is 16.6 Å². The molecule has 0 radical (unpaired) electrons. The zero-order valence-electron chi connectivity index (χ0n) is 10.7. The zero-order valence-corrected chi connectivity index (χ0v) is 10.7. The van der Waals surface area contributed by atoms with Crippen LogP contribution in [0.3, 0.4) is 0 Å². The largest absolute Gasteiger partial charge is 0.403 e. The normalized spacial score (nSPS) is 12.0. The Morgan fingerprint density at radius 3 is 2.89 bits per heavy atom. The molecule has 2 rings (SSSR count). The summed E-state index contributed by atoms with van der Waals surface area (Å²) in [5, 5.41) is 5.36. The molecule has 4 heteroatoms. The van der Waals surface area contributed by atoms with E-state index in [9.17, 15) is 4.79 Å². The highest BCUT2D eigenvalue weighted by Gasteiger charge is 2.09. The number of aromatic nitrogens is 2. The molecule has 0 aliphatic rings. The van der Waals surface area contributed by atoms with Crippen molar-refractivity contribution in [3.8, 4) is 0 Å². The maximum atomic E-state index is 11.2. The van der Waals surface area contributed by atoms with Crippen LogP contribution in [0.2, 0.25) is 0 Å². The fraction of sp³-hybridized carbons (Fsp3) is 0.286. The van der Waals surface area contributed by atoms with Crippen LogP contribution < -0.4 is 5.73 Å². The van der Waals surface area contributed by atoms with Crippen molar-refractivity contribution < 1.29 is 4.79 Å². The number of hydrogen-bond acceptors (Lipinski definition) is 3. The maximum Gasteiger partial charge on any atom is 0.135 e. The quantitative estimate of drug-likeness (QED) is 0.896. The van der Waals surface area contributed by atoms with Gasteiger partial charge in [-0.2, -0.15) is 5.10 Å². The lowest BCUT2D eigenvalue weighted by molar-refractivity contribution is -0.116. The summed E-state index contributed by atoms with van der Waals surface area (Å²) in [5.41, 5.74) is 8.54. The predicted octanol–water partition coefficient (Wildman–Crippen LogP) is 2.33. The van der Waals surface area contributed by atoms with E-state index in [2.05, 4.69) is 24.2 Å². The topological polar surface area (TPSA) is 60.9 Å². The molecule has 0 aliphatic heterocycles. The van der Waals surface area contributed by atoms with Gasteiger partial charge < -0.3 is 5.73 Å². The molecule has 1 aromatic heterocycles. The lowest BCUT2D eigenvalue weighted by Gasteiger charge is -2.07. The second kappa shape index (κ2) is 5.04. The van der Waals surface area contributed by atoms with Gasteiger partial charge in [0.25, 0.3) is 0 Å². The number of ketones is 1. The number of aryl methyl sites for hydroxylation is 1. The Kier molecular flexibility index (Phi) is 3.46. The molecule has 1 aromatic carbocycles. The Morgan fingerprint density at radius 1 is 1.50 bits per heavy atom. The summed E-state index contributed by atoms with van der Waals surface area (Å²) < 4.78 is 1.75. The molecule has 4 nitrogen and oxygen atoms in total. The average Bonchev–Trinajstić information content (AvgIpc) is 2.78. The summed E-state index contributed by atoms with van der Waals surface area (Å²) in [4.78, 5) is 11.2. The standard InChI is InChI=1S/C14H17N3O/c1-3-11-4-5-12-9-16-17(14(12)7-11)13(8-15)6-10(2)18/h4-5,7-9H,3,6,15H2,1-2H3/b13-8-. The van der Waals surface area contributed by atoms with E-state index in [1.165, 1.54) is 11.8 Å². The summed E-state index contributed by atoms with van der Waals surface area (Å²) in [6.07, 6.45) is 4.50. The molecule has 0 amide bonds. The number of benzene rings is 1. The Morgan fingerprint density at radius 2 is 2.28 bits per heavy atom. The SMILES string of the molecule is CCc1ccc2cnn(/C(=C\N)CC(C)=O)c2c1. The van der Waals surface area contributed by atoms with Crippen LogP contribution >= 0.6 is 0 Å². The summed E-state index contributed by atoms with van der Waals surface area (Å²) in [7, 11) is 0. The van der Waals surface area contributed by atoms with E-state index >= 15 is 0 Å². The van der Waals surface area contributed by atoms with Gasteiger partial charge in [-0.1, -0.05) is 19.1 Å². The first-order valence-corrected chi connectivity index (χ1v) is 6.03. The molecule has 0 unspecified atom stereocenters. The fourth-order valence-electron chi connectivity index (χ4n) is 1.97. The van der Waals surface area contributed by atoms with Crippen LogP contribution in [0.1, 0.15) is 25.8 Å². The Labute approximate surface area is 106 Å². The van der Waals surface area contributed by atoms with Crippen LogP contribution in [-0.2, 0) is 11.2 Å². The molecule has 1 heterocycles. The van der Waals surface area contributed by atoms with E-state index in [0.29, 0.717) is 12.1 Å². The number of allylic oxidation sites excluding steroid dienone is 1. The van der Waals surface area contributed by atoms with Gasteiger partial charge in [-0.05, 0) is 25.0 Å². The second-order valence-electron chi connectivity index (χ2n) is 4.34. The zero-order chi connectivity index (χ0) is 13.1. The fourth-order valence-corrected chi connectivity index (χ4v) is 1.97. The minimum Gasteiger partial charge on any atom is -0.403 e. The molecule has 94 valence electrons. The maximum absolute atomic E-state index is 11.2. The molecule has 0 atom stereocenters. The van der Waals surface area contributed by atoms with Crippen LogP contribution in [0.4, 0.5) is 0 Å². The van der Waals surface area contributed by atoms with Gasteiger partial charge in [0.2, 0.25) is 0 Å². The number of hydrogen-bond donors (Lipinski definition) is 1. The highest BCUT2D eigenvalue weighted by Crippen LogP contribution is 2.20. The number of Topliss-reactive ketones (excluding diaryl/α,β-unsaturated/α-hetero) is 1. The molecule has 0 saturated carbocycles. The van der Waals surface area contributed by atoms with Crippen LogP contribution in [0, 0.1) is 0 Å². The number of nitrogens with zero attached hydrogens (tertiary/aromatic N) is 2. The van der Waals surface area contributed by atoms with Gasteiger partial charge in [-0.25, -0.2) is 4.68 Å². The average molecular weight is 243 g/mol. The van der Waals surface area contributed by atoms with Gasteiger partial charge in [0, 0.05) is 18.0 Å². The van der Waals surface area contributed by atoms with Crippen LogP contribution in [-0.4, -0.2) is 15.6 Å². The Balaban J connectivity index is 2.53. The third-order valence-electron chi connectivity index (χ3n) is 2.94. The van der Waals surface area contributed by atoms with Gasteiger partial charge in [0.15, 0.2) is 0 Å². The van der Waals surface area contributed by atoms with Gasteiger partial charge in [0.1, 0.15) is 5.78 Å². The van der Waals surface area contributed by atoms with Crippen molar-refractivity contribution in [1.82, 2.24) is 9.78 Å². The number of rotatable bonds is 4. The Bertz CT molecular complexity index is 611. The number of fused-ring (bicyclic) bond motifs is 1. The molecule has 0 spiro atoms. The van der Waals surface area contributed by atoms with E-state index in [1.807, 2.05) is 6.07 Å². The van der Waals surface area contributed by atoms with Gasteiger partial charge in [0.05, 0.1) is 17.4 Å². The van der Waals surface area contributed by atoms with Gasteiger partial charge in [-0.3, -0.25) is 4.79 Å². The first-order valence-electron chi connectivity index (χ1n) is 6.03. The predicted molar refractivity (Wildman–Crippen MR) is 72.9 cm³/mol. The van der Waals surface area contributed by atoms with Crippen molar-refractivity contribution in [2.75, 3.05) is 0 Å². The van der Waals surface area contributed by atoms with E-state index in [1.54, 1.807) is 17.8 Å². The molecular formula is C14H17N3O. The minimum atomic E-state index is 0.0713. The molecule has 2 aromatic rings. The third-order valence-corrected chi connectivity index (χ3v) is 2.94. The lowest BCUT2D eigenvalue weighted by Crippen LogP contribution is -2.05. The summed E-state index contributed by atoms with van der Waals surface area (Å²) in [6, 6.07) is 6.22. The first-order chi connectivity index (χ1) is 8.65. The Hall–Kier alpha value is -2.10. The van der Waals surface area contributed by atoms with Crippen molar-refractivity contribution in [3.63, 3.8) is 0 Å². The summed E-state index contributed by atoms with van der Waals surface area (Å²) in [5.74, 6) is 0.0713. The number of carbonyl (C=O) groups excluding carboxylic acids is 1. The minimum absolute atomic E-state index is 0.0713. The van der Waals surface area contributed by atoms with Crippen LogP contribution in [0.15, 0.2) is 30.6 Å². The third kappa shape index (κ3) is 2.27. The molecule has 0 bridgehead atoms. The van der Waals surface area contributed by atoms with Crippen LogP contribution in [0.5, 0.6) is 0 Å². The smallest absolute Gasteiger partial charge is 0.135 e. The monoisotopic (exact) mass is 243 g/mol. The van der Waals surface area contributed by atoms with Gasteiger partial charge in [-0.15, -0.1) is 0 Å². The highest BCUT2D eigenvalue weighted by atomic mass is 16.1. The molecule has 18 heavy (non-hydrogen) atoms. The van der Waals surface area contributed by atoms with E-state index in [0.717, 1.165) is 17.3 Å². The number of nitrogens with two attached hydrogens (primary N) is 1. The second-order valence-corrected chi connectivity index (χ2v) is 4.34. The number of carbonyl (C=O) groups is 1. The van der Waals surface area contributed by atoms with Crippen molar-refractivity contribution in [2.45, 2.75) is 26.7 Å². The lowest BCUT2D eigenvalue weighted by atomic mass is 10.1. The van der Waals surface area contributed by atoms with E-state index < -0.39 is 0 Å². The molecule has 0 saturated heterocycles. The molecule has 0 fully saturated rings. The van der Waals surface area contributed by atoms with Crippen molar-refractivity contribution in [3.05, 3.63) is 36.2 Å². The van der Waals surface area contributed by atoms with Gasteiger partial charge >= 0.3 is 0 Å². The molecular weight excluding hydrogens is 226 g/mol.